The van der Waals surface area contributed by atoms with Crippen molar-refractivity contribution in [2.24, 2.45) is 0 Å². The molecule has 1 heterocycles. The van der Waals surface area contributed by atoms with E-state index in [-0.39, 0.29) is 11.1 Å². The molecule has 1 amide bonds. The van der Waals surface area contributed by atoms with Crippen molar-refractivity contribution in [2.45, 2.75) is 6.43 Å². The topological polar surface area (TPSA) is 26.8 Å². The Labute approximate surface area is 134 Å². The van der Waals surface area contributed by atoms with E-state index >= 15 is 0 Å². The maximum absolute atomic E-state index is 13.8. The lowest BCUT2D eigenvalue weighted by atomic mass is 10.1. The Morgan fingerprint density at radius 2 is 1.87 bits per heavy atom. The highest BCUT2D eigenvalue weighted by Gasteiger charge is 2.25. The summed E-state index contributed by atoms with van der Waals surface area (Å²) in [6.45, 7) is 4.20. The number of piperazine rings is 1. The molecule has 1 aliphatic heterocycles. The number of hydrogen-bond donors (Lipinski definition) is 0. The summed E-state index contributed by atoms with van der Waals surface area (Å²) < 4.78 is 39.3. The summed E-state index contributed by atoms with van der Waals surface area (Å²) in [4.78, 5) is 18.2. The van der Waals surface area contributed by atoms with Crippen molar-refractivity contribution in [1.82, 2.24) is 14.7 Å². The number of rotatable bonds is 5. The lowest BCUT2D eigenvalue weighted by Crippen LogP contribution is -2.50. The zero-order valence-corrected chi connectivity index (χ0v) is 13.4. The van der Waals surface area contributed by atoms with Crippen LogP contribution in [0.15, 0.2) is 18.2 Å². The van der Waals surface area contributed by atoms with Gasteiger partial charge >= 0.3 is 0 Å². The van der Waals surface area contributed by atoms with E-state index in [9.17, 15) is 18.0 Å². The average Bonchev–Trinajstić information content (AvgIpc) is 2.53. The predicted octanol–water partition coefficient (Wildman–Crippen LogP) is 2.08. The Hall–Kier alpha value is -1.60. The third-order valence-corrected chi connectivity index (χ3v) is 4.00. The molecule has 1 aromatic carbocycles. The van der Waals surface area contributed by atoms with E-state index < -0.39 is 18.1 Å². The molecule has 0 unspecified atom stereocenters. The number of alkyl halides is 2. The third kappa shape index (κ3) is 4.68. The molecule has 0 radical (unpaired) electrons. The van der Waals surface area contributed by atoms with Gasteiger partial charge in [0.1, 0.15) is 5.82 Å². The number of benzene rings is 1. The van der Waals surface area contributed by atoms with Crippen LogP contribution < -0.4 is 0 Å². The van der Waals surface area contributed by atoms with Gasteiger partial charge in [-0.1, -0.05) is 6.07 Å². The van der Waals surface area contributed by atoms with Gasteiger partial charge in [0.25, 0.3) is 12.3 Å². The van der Waals surface area contributed by atoms with Crippen molar-refractivity contribution in [1.29, 1.82) is 0 Å². The summed E-state index contributed by atoms with van der Waals surface area (Å²) in [5.74, 6) is -1.27. The first-order valence-electron chi connectivity index (χ1n) is 7.62. The van der Waals surface area contributed by atoms with Crippen molar-refractivity contribution in [2.75, 3.05) is 53.4 Å². The highest BCUT2D eigenvalue weighted by Crippen LogP contribution is 2.22. The summed E-state index contributed by atoms with van der Waals surface area (Å²) in [7, 11) is 4.00. The van der Waals surface area contributed by atoms with E-state index in [1.807, 2.05) is 14.1 Å². The van der Waals surface area contributed by atoms with Crippen LogP contribution in [-0.2, 0) is 0 Å². The van der Waals surface area contributed by atoms with Gasteiger partial charge < -0.3 is 9.80 Å². The summed E-state index contributed by atoms with van der Waals surface area (Å²) in [5, 5.41) is 0. The Balaban J connectivity index is 1.98. The number of amides is 1. The van der Waals surface area contributed by atoms with E-state index in [1.165, 1.54) is 4.90 Å². The second-order valence-corrected chi connectivity index (χ2v) is 5.98. The largest absolute Gasteiger partial charge is 0.336 e. The van der Waals surface area contributed by atoms with Gasteiger partial charge in [-0.05, 0) is 26.2 Å². The predicted molar refractivity (Wildman–Crippen MR) is 82.3 cm³/mol. The lowest BCUT2D eigenvalue weighted by Gasteiger charge is -2.35. The van der Waals surface area contributed by atoms with Gasteiger partial charge in [0.05, 0.1) is 5.56 Å². The zero-order chi connectivity index (χ0) is 17.0. The van der Waals surface area contributed by atoms with Gasteiger partial charge in [0.15, 0.2) is 0 Å². The van der Waals surface area contributed by atoms with Gasteiger partial charge in [0.2, 0.25) is 0 Å². The Morgan fingerprint density at radius 3 is 2.43 bits per heavy atom. The maximum atomic E-state index is 13.8. The van der Waals surface area contributed by atoms with Gasteiger partial charge in [-0.15, -0.1) is 0 Å². The molecule has 0 aliphatic carbocycles. The van der Waals surface area contributed by atoms with Crippen LogP contribution in [0.2, 0.25) is 0 Å². The van der Waals surface area contributed by atoms with Crippen molar-refractivity contribution in [3.8, 4) is 0 Å². The molecular weight excluding hydrogens is 307 g/mol. The lowest BCUT2D eigenvalue weighted by molar-refractivity contribution is 0.0624. The number of carbonyl (C=O) groups is 1. The molecule has 1 aromatic rings. The standard InChI is InChI=1S/C16H22F3N3O/c1-20(2)5-6-21-7-9-22(10-8-21)16(23)13-11-12(15(18)19)3-4-14(13)17/h3-4,11,15H,5-10H2,1-2H3. The number of hydrogen-bond acceptors (Lipinski definition) is 3. The molecule has 0 bridgehead atoms. The molecule has 23 heavy (non-hydrogen) atoms. The monoisotopic (exact) mass is 329 g/mol. The number of likely N-dealkylation sites (N-methyl/N-ethyl adjacent to an activating group) is 1. The van der Waals surface area contributed by atoms with Crippen LogP contribution in [0.4, 0.5) is 13.2 Å². The first kappa shape index (κ1) is 17.7. The number of carbonyl (C=O) groups excluding carboxylic acids is 1. The van der Waals surface area contributed by atoms with Crippen LogP contribution in [0.3, 0.4) is 0 Å². The number of halogens is 3. The fraction of sp³-hybridized carbons (Fsp3) is 0.562. The number of nitrogens with zero attached hydrogens (tertiary/aromatic N) is 3. The molecule has 1 fully saturated rings. The molecule has 1 saturated heterocycles. The molecule has 0 aromatic heterocycles. The molecule has 0 atom stereocenters. The van der Waals surface area contributed by atoms with Gasteiger partial charge in [-0.3, -0.25) is 9.69 Å². The van der Waals surface area contributed by atoms with Crippen LogP contribution in [-0.4, -0.2) is 74.0 Å². The zero-order valence-electron chi connectivity index (χ0n) is 13.4. The maximum Gasteiger partial charge on any atom is 0.263 e. The molecule has 2 rings (SSSR count). The highest BCUT2D eigenvalue weighted by atomic mass is 19.3. The second kappa shape index (κ2) is 7.79. The molecule has 0 N–H and O–H groups in total. The summed E-state index contributed by atoms with van der Waals surface area (Å²) >= 11 is 0. The van der Waals surface area contributed by atoms with Crippen LogP contribution >= 0.6 is 0 Å². The first-order valence-corrected chi connectivity index (χ1v) is 7.62. The summed E-state index contributed by atoms with van der Waals surface area (Å²) in [6, 6.07) is 2.90. The van der Waals surface area contributed by atoms with Crippen LogP contribution in [0.1, 0.15) is 22.3 Å². The molecule has 7 heteroatoms. The van der Waals surface area contributed by atoms with E-state index in [1.54, 1.807) is 0 Å². The minimum atomic E-state index is -2.72. The third-order valence-electron chi connectivity index (χ3n) is 4.00. The highest BCUT2D eigenvalue weighted by molar-refractivity contribution is 5.94. The molecular formula is C16H22F3N3O. The molecule has 0 spiro atoms. The van der Waals surface area contributed by atoms with Crippen LogP contribution in [0.5, 0.6) is 0 Å². The van der Waals surface area contributed by atoms with E-state index in [2.05, 4.69) is 9.80 Å². The minimum absolute atomic E-state index is 0.274. The quantitative estimate of drug-likeness (QED) is 0.828. The molecule has 128 valence electrons. The second-order valence-electron chi connectivity index (χ2n) is 5.98. The van der Waals surface area contributed by atoms with Gasteiger partial charge in [-0.25, -0.2) is 13.2 Å². The first-order chi connectivity index (χ1) is 10.9. The van der Waals surface area contributed by atoms with E-state index in [4.69, 9.17) is 0 Å². The van der Waals surface area contributed by atoms with Crippen LogP contribution in [0.25, 0.3) is 0 Å². The van der Waals surface area contributed by atoms with E-state index in [0.717, 1.165) is 31.3 Å². The van der Waals surface area contributed by atoms with Gasteiger partial charge in [-0.2, -0.15) is 0 Å². The Morgan fingerprint density at radius 1 is 1.22 bits per heavy atom. The fourth-order valence-corrected chi connectivity index (χ4v) is 2.53. The van der Waals surface area contributed by atoms with Crippen molar-refractivity contribution in [3.05, 3.63) is 35.1 Å². The Bertz CT molecular complexity index is 543. The fourth-order valence-electron chi connectivity index (χ4n) is 2.53. The minimum Gasteiger partial charge on any atom is -0.336 e. The van der Waals surface area contributed by atoms with Crippen molar-refractivity contribution in [3.63, 3.8) is 0 Å². The SMILES string of the molecule is CN(C)CCN1CCN(C(=O)c2cc(C(F)F)ccc2F)CC1. The summed E-state index contributed by atoms with van der Waals surface area (Å²) in [6.07, 6.45) is -2.72. The van der Waals surface area contributed by atoms with Crippen molar-refractivity contribution < 1.29 is 18.0 Å². The smallest absolute Gasteiger partial charge is 0.263 e. The average molecular weight is 329 g/mol. The normalized spacial score (nSPS) is 16.4. The van der Waals surface area contributed by atoms with E-state index in [0.29, 0.717) is 26.2 Å². The molecule has 4 nitrogen and oxygen atoms in total. The molecule has 1 aliphatic rings. The summed E-state index contributed by atoms with van der Waals surface area (Å²) in [5.41, 5.74) is -0.607. The van der Waals surface area contributed by atoms with Gasteiger partial charge in [0, 0.05) is 44.8 Å². The molecule has 0 saturated carbocycles. The Kier molecular flexibility index (Phi) is 6.01. The van der Waals surface area contributed by atoms with Crippen molar-refractivity contribution >= 4 is 5.91 Å². The van der Waals surface area contributed by atoms with Crippen LogP contribution in [0, 0.1) is 5.82 Å².